The van der Waals surface area contributed by atoms with Crippen LogP contribution in [0.3, 0.4) is 0 Å². The molecule has 8 heteroatoms. The Kier molecular flexibility index (Phi) is 5.36. The van der Waals surface area contributed by atoms with Crippen molar-refractivity contribution in [3.05, 3.63) is 24.3 Å². The molecule has 0 spiro atoms. The first-order chi connectivity index (χ1) is 12.9. The number of benzene rings is 1. The molecule has 1 aromatic carbocycles. The zero-order valence-corrected chi connectivity index (χ0v) is 15.9. The summed E-state index contributed by atoms with van der Waals surface area (Å²) in [5, 5.41) is 5.44. The Morgan fingerprint density at radius 2 is 1.89 bits per heavy atom. The number of nitrogens with one attached hydrogen (secondary N) is 2. The van der Waals surface area contributed by atoms with Crippen LogP contribution in [0.4, 0.5) is 16.2 Å². The molecular weight excluding hydrogens is 348 g/mol. The van der Waals surface area contributed by atoms with Gasteiger partial charge in [0.25, 0.3) is 5.91 Å². The third kappa shape index (κ3) is 3.75. The smallest absolute Gasteiger partial charge is 0.325 e. The van der Waals surface area contributed by atoms with Gasteiger partial charge in [-0.15, -0.1) is 0 Å². The quantitative estimate of drug-likeness (QED) is 0.764. The number of anilines is 2. The molecule has 4 amide bonds. The molecule has 27 heavy (non-hydrogen) atoms. The number of imide groups is 1. The molecule has 0 bridgehead atoms. The Balaban J connectivity index is 1.64. The van der Waals surface area contributed by atoms with E-state index in [2.05, 4.69) is 15.5 Å². The lowest BCUT2D eigenvalue weighted by Crippen LogP contribution is -2.47. The largest absolute Gasteiger partial charge is 0.378 e. The minimum atomic E-state index is -0.953. The van der Waals surface area contributed by atoms with Gasteiger partial charge in [0.15, 0.2) is 0 Å². The summed E-state index contributed by atoms with van der Waals surface area (Å²) >= 11 is 0. The molecule has 2 N–H and O–H groups in total. The molecule has 0 unspecified atom stereocenters. The number of nitrogens with zero attached hydrogens (tertiary/aromatic N) is 2. The summed E-state index contributed by atoms with van der Waals surface area (Å²) in [4.78, 5) is 40.5. The highest BCUT2D eigenvalue weighted by molar-refractivity contribution is 6.10. The Hall–Kier alpha value is -2.61. The number of carbonyl (C=O) groups excluding carboxylic acids is 3. The fourth-order valence-electron chi connectivity index (χ4n) is 3.24. The average molecular weight is 374 g/mol. The Labute approximate surface area is 158 Å². The average Bonchev–Trinajstić information content (AvgIpc) is 2.91. The van der Waals surface area contributed by atoms with Gasteiger partial charge < -0.3 is 20.3 Å². The first-order valence-electron chi connectivity index (χ1n) is 9.25. The molecule has 2 fully saturated rings. The molecule has 146 valence electrons. The number of carbonyl (C=O) groups is 3. The molecule has 2 aliphatic rings. The summed E-state index contributed by atoms with van der Waals surface area (Å²) in [6.45, 7) is 8.13. The lowest BCUT2D eigenvalue weighted by Gasteiger charge is -2.29. The van der Waals surface area contributed by atoms with E-state index < -0.39 is 23.5 Å². The van der Waals surface area contributed by atoms with Crippen molar-refractivity contribution in [3.8, 4) is 0 Å². The third-order valence-electron chi connectivity index (χ3n) is 5.28. The number of ether oxygens (including phenoxy) is 1. The molecule has 2 saturated heterocycles. The highest BCUT2D eigenvalue weighted by Crippen LogP contribution is 2.24. The molecule has 0 aromatic heterocycles. The lowest BCUT2D eigenvalue weighted by molar-refractivity contribution is -0.136. The van der Waals surface area contributed by atoms with Crippen LogP contribution in [0.25, 0.3) is 0 Å². The number of hydrogen-bond donors (Lipinski definition) is 2. The van der Waals surface area contributed by atoms with Gasteiger partial charge in [-0.05, 0) is 44.5 Å². The number of amides is 4. The van der Waals surface area contributed by atoms with Gasteiger partial charge in [0.05, 0.1) is 13.2 Å². The maximum Gasteiger partial charge on any atom is 0.325 e. The van der Waals surface area contributed by atoms with Crippen molar-refractivity contribution in [1.29, 1.82) is 0 Å². The second-order valence-electron chi connectivity index (χ2n) is 7.10. The molecule has 2 aliphatic heterocycles. The van der Waals surface area contributed by atoms with Crippen LogP contribution in [0.2, 0.25) is 0 Å². The molecule has 1 aromatic rings. The highest BCUT2D eigenvalue weighted by Gasteiger charge is 2.49. The minimum Gasteiger partial charge on any atom is -0.378 e. The van der Waals surface area contributed by atoms with Gasteiger partial charge in [-0.3, -0.25) is 9.59 Å². The number of rotatable bonds is 5. The van der Waals surface area contributed by atoms with E-state index >= 15 is 0 Å². The van der Waals surface area contributed by atoms with E-state index in [-0.39, 0.29) is 5.91 Å². The van der Waals surface area contributed by atoms with E-state index in [0.29, 0.717) is 25.3 Å². The zero-order chi connectivity index (χ0) is 19.6. The number of hydrogen-bond acceptors (Lipinski definition) is 5. The molecule has 8 nitrogen and oxygen atoms in total. The predicted octanol–water partition coefficient (Wildman–Crippen LogP) is 1.57. The predicted molar refractivity (Wildman–Crippen MR) is 102 cm³/mol. The van der Waals surface area contributed by atoms with Crippen molar-refractivity contribution in [2.75, 3.05) is 36.5 Å². The SMILES string of the molecule is CC[C@@]1(C)NC(=O)N([C@@H](C)C(=O)Nc2ccc(N3CCOCC3)cc2)C1=O. The van der Waals surface area contributed by atoms with Gasteiger partial charge in [-0.2, -0.15) is 0 Å². The van der Waals surface area contributed by atoms with E-state index in [4.69, 9.17) is 4.74 Å². The molecule has 3 rings (SSSR count). The first kappa shape index (κ1) is 19.2. The Bertz CT molecular complexity index is 730. The topological polar surface area (TPSA) is 91.0 Å². The monoisotopic (exact) mass is 374 g/mol. The third-order valence-corrected chi connectivity index (χ3v) is 5.28. The fourth-order valence-corrected chi connectivity index (χ4v) is 3.24. The van der Waals surface area contributed by atoms with Crippen LogP contribution in [0.5, 0.6) is 0 Å². The van der Waals surface area contributed by atoms with Gasteiger partial charge in [-0.25, -0.2) is 9.69 Å². The van der Waals surface area contributed by atoms with Crippen LogP contribution < -0.4 is 15.5 Å². The molecule has 0 radical (unpaired) electrons. The maximum atomic E-state index is 12.6. The van der Waals surface area contributed by atoms with Crippen LogP contribution in [0.1, 0.15) is 27.2 Å². The van der Waals surface area contributed by atoms with E-state index in [1.54, 1.807) is 13.8 Å². The summed E-state index contributed by atoms with van der Waals surface area (Å²) in [5.74, 6) is -0.779. The van der Waals surface area contributed by atoms with Gasteiger partial charge in [0, 0.05) is 24.5 Å². The van der Waals surface area contributed by atoms with Gasteiger partial charge in [0.1, 0.15) is 11.6 Å². The van der Waals surface area contributed by atoms with Crippen molar-refractivity contribution in [2.24, 2.45) is 0 Å². The van der Waals surface area contributed by atoms with E-state index in [1.807, 2.05) is 31.2 Å². The molecular formula is C19H26N4O4. The summed E-state index contributed by atoms with van der Waals surface area (Å²) < 4.78 is 5.35. The summed E-state index contributed by atoms with van der Waals surface area (Å²) in [7, 11) is 0. The Morgan fingerprint density at radius 1 is 1.26 bits per heavy atom. The second kappa shape index (κ2) is 7.56. The van der Waals surface area contributed by atoms with Crippen molar-refractivity contribution < 1.29 is 19.1 Å². The molecule has 0 saturated carbocycles. The minimum absolute atomic E-state index is 0.375. The maximum absolute atomic E-state index is 12.6. The second-order valence-corrected chi connectivity index (χ2v) is 7.10. The molecule has 2 heterocycles. The number of urea groups is 1. The summed E-state index contributed by atoms with van der Waals surface area (Å²) in [5.41, 5.74) is 0.733. The van der Waals surface area contributed by atoms with Gasteiger partial charge in [0.2, 0.25) is 5.91 Å². The van der Waals surface area contributed by atoms with Crippen LogP contribution in [-0.2, 0) is 14.3 Å². The van der Waals surface area contributed by atoms with Crippen LogP contribution in [0.15, 0.2) is 24.3 Å². The Morgan fingerprint density at radius 3 is 2.44 bits per heavy atom. The summed E-state index contributed by atoms with van der Waals surface area (Å²) in [6, 6.07) is 6.08. The van der Waals surface area contributed by atoms with Crippen molar-refractivity contribution >= 4 is 29.2 Å². The van der Waals surface area contributed by atoms with Crippen molar-refractivity contribution in [1.82, 2.24) is 10.2 Å². The number of morpholine rings is 1. The fraction of sp³-hybridized carbons (Fsp3) is 0.526. The van der Waals surface area contributed by atoms with E-state index in [9.17, 15) is 14.4 Å². The van der Waals surface area contributed by atoms with Gasteiger partial charge in [-0.1, -0.05) is 6.92 Å². The van der Waals surface area contributed by atoms with Crippen LogP contribution >= 0.6 is 0 Å². The van der Waals surface area contributed by atoms with Crippen molar-refractivity contribution in [2.45, 2.75) is 38.8 Å². The lowest BCUT2D eigenvalue weighted by atomic mass is 9.99. The van der Waals surface area contributed by atoms with Gasteiger partial charge >= 0.3 is 6.03 Å². The molecule has 2 atom stereocenters. The van der Waals surface area contributed by atoms with E-state index in [0.717, 1.165) is 23.7 Å². The summed E-state index contributed by atoms with van der Waals surface area (Å²) in [6.07, 6.45) is 0.464. The normalized spacial score (nSPS) is 24.0. The van der Waals surface area contributed by atoms with Crippen molar-refractivity contribution in [3.63, 3.8) is 0 Å². The van der Waals surface area contributed by atoms with Crippen LogP contribution in [0, 0.1) is 0 Å². The first-order valence-corrected chi connectivity index (χ1v) is 9.25. The van der Waals surface area contributed by atoms with Crippen LogP contribution in [-0.4, -0.2) is 60.6 Å². The van der Waals surface area contributed by atoms with E-state index in [1.165, 1.54) is 0 Å². The highest BCUT2D eigenvalue weighted by atomic mass is 16.5. The zero-order valence-electron chi connectivity index (χ0n) is 15.9. The molecule has 0 aliphatic carbocycles. The standard InChI is InChI=1S/C19H26N4O4/c1-4-19(3)17(25)23(18(26)21-19)13(2)16(24)20-14-5-7-15(8-6-14)22-9-11-27-12-10-22/h5-8,13H,4,9-12H2,1-3H3,(H,20,24)(H,21,26)/t13-,19+/m0/s1.